The number of imidazole rings is 1. The number of carboxylic acid groups (broad SMARTS) is 1. The lowest BCUT2D eigenvalue weighted by Crippen LogP contribution is -1.97. The fraction of sp³-hybridized carbons (Fsp3) is 0.167. The fourth-order valence-corrected chi connectivity index (χ4v) is 1.47. The molecule has 1 aromatic heterocycles. The van der Waals surface area contributed by atoms with Crippen molar-refractivity contribution in [2.24, 2.45) is 0 Å². The molecular weight excluding hydrogens is 204 g/mol. The quantitative estimate of drug-likeness (QED) is 0.822. The number of carbonyl (C=O) groups is 1. The smallest absolute Gasteiger partial charge is 0.303 e. The number of H-pyrrole nitrogens is 1. The third-order valence-corrected chi connectivity index (χ3v) is 2.28. The lowest BCUT2D eigenvalue weighted by molar-refractivity contribution is -0.136. The Bertz CT molecular complexity index is 477. The van der Waals surface area contributed by atoms with Gasteiger partial charge in [-0.25, -0.2) is 4.98 Å². The summed E-state index contributed by atoms with van der Waals surface area (Å²) in [5.74, 6) is -0.0168. The average Bonchev–Trinajstić information content (AvgIpc) is 2.76. The van der Waals surface area contributed by atoms with Crippen LogP contribution >= 0.6 is 0 Å². The number of aromatic nitrogens is 2. The third-order valence-electron chi connectivity index (χ3n) is 2.28. The summed E-state index contributed by atoms with van der Waals surface area (Å²) in [5.41, 5.74) is 1.85. The minimum absolute atomic E-state index is 0.121. The number of benzene rings is 1. The van der Waals surface area contributed by atoms with Crippen molar-refractivity contribution in [3.05, 3.63) is 42.2 Å². The predicted molar refractivity (Wildman–Crippen MR) is 60.0 cm³/mol. The van der Waals surface area contributed by atoms with Crippen molar-refractivity contribution in [3.8, 4) is 11.4 Å². The molecule has 0 saturated carbocycles. The Balaban J connectivity index is 2.11. The van der Waals surface area contributed by atoms with Gasteiger partial charge in [0.25, 0.3) is 0 Å². The van der Waals surface area contributed by atoms with Crippen molar-refractivity contribution >= 4 is 5.97 Å². The second kappa shape index (κ2) is 4.61. The summed E-state index contributed by atoms with van der Waals surface area (Å²) in [6.07, 6.45) is 2.29. The van der Waals surface area contributed by atoms with Crippen LogP contribution in [-0.2, 0) is 11.2 Å². The molecular formula is C12H12N2O2. The van der Waals surface area contributed by atoms with E-state index >= 15 is 0 Å². The van der Waals surface area contributed by atoms with E-state index in [4.69, 9.17) is 5.11 Å². The maximum Gasteiger partial charge on any atom is 0.303 e. The van der Waals surface area contributed by atoms with E-state index in [1.807, 2.05) is 30.3 Å². The van der Waals surface area contributed by atoms with Crippen molar-refractivity contribution in [1.82, 2.24) is 9.97 Å². The van der Waals surface area contributed by atoms with Crippen LogP contribution in [0.25, 0.3) is 11.4 Å². The van der Waals surface area contributed by atoms with Crippen LogP contribution in [-0.4, -0.2) is 21.0 Å². The van der Waals surface area contributed by atoms with Crippen LogP contribution in [0.4, 0.5) is 0 Å². The Hall–Kier alpha value is -2.10. The van der Waals surface area contributed by atoms with Crippen molar-refractivity contribution in [2.45, 2.75) is 12.8 Å². The number of hydrogen-bond donors (Lipinski definition) is 2. The Morgan fingerprint density at radius 1 is 1.31 bits per heavy atom. The molecule has 2 rings (SSSR count). The highest BCUT2D eigenvalue weighted by Gasteiger charge is 2.04. The zero-order valence-corrected chi connectivity index (χ0v) is 8.68. The summed E-state index contributed by atoms with van der Waals surface area (Å²) in [6.45, 7) is 0. The zero-order chi connectivity index (χ0) is 11.4. The standard InChI is InChI=1S/C12H12N2O2/c15-11(16)7-6-10-8-13-12(14-10)9-4-2-1-3-5-9/h1-5,8H,6-7H2,(H,13,14)(H,15,16). The minimum atomic E-state index is -0.795. The van der Waals surface area contributed by atoms with E-state index in [1.165, 1.54) is 0 Å². The maximum atomic E-state index is 10.4. The first-order valence-corrected chi connectivity index (χ1v) is 5.07. The molecule has 4 nitrogen and oxygen atoms in total. The number of carboxylic acids is 1. The Labute approximate surface area is 93.0 Å². The number of aromatic amines is 1. The number of hydrogen-bond acceptors (Lipinski definition) is 2. The van der Waals surface area contributed by atoms with Crippen LogP contribution < -0.4 is 0 Å². The van der Waals surface area contributed by atoms with Crippen molar-refractivity contribution < 1.29 is 9.90 Å². The van der Waals surface area contributed by atoms with E-state index in [0.717, 1.165) is 17.1 Å². The molecule has 0 amide bonds. The van der Waals surface area contributed by atoms with Crippen LogP contribution in [0.2, 0.25) is 0 Å². The van der Waals surface area contributed by atoms with Crippen LogP contribution in [0.3, 0.4) is 0 Å². The SMILES string of the molecule is O=C(O)CCc1cnc(-c2ccccc2)[nH]1. The van der Waals surface area contributed by atoms with Crippen LogP contribution in [0.5, 0.6) is 0 Å². The van der Waals surface area contributed by atoms with E-state index in [1.54, 1.807) is 6.20 Å². The molecule has 1 aromatic carbocycles. The van der Waals surface area contributed by atoms with Gasteiger partial charge in [-0.1, -0.05) is 30.3 Å². The molecule has 2 N–H and O–H groups in total. The molecule has 2 aromatic rings. The molecule has 82 valence electrons. The van der Waals surface area contributed by atoms with E-state index in [9.17, 15) is 4.79 Å². The van der Waals surface area contributed by atoms with E-state index in [2.05, 4.69) is 9.97 Å². The molecule has 0 atom stereocenters. The Morgan fingerprint density at radius 2 is 2.06 bits per heavy atom. The molecule has 4 heteroatoms. The minimum Gasteiger partial charge on any atom is -0.481 e. The summed E-state index contributed by atoms with van der Waals surface area (Å²) in [6, 6.07) is 9.74. The van der Waals surface area contributed by atoms with Crippen LogP contribution in [0.1, 0.15) is 12.1 Å². The predicted octanol–water partition coefficient (Wildman–Crippen LogP) is 2.09. The summed E-state index contributed by atoms with van der Waals surface area (Å²) in [7, 11) is 0. The molecule has 0 saturated heterocycles. The third kappa shape index (κ3) is 2.48. The van der Waals surface area contributed by atoms with Gasteiger partial charge in [-0.15, -0.1) is 0 Å². The van der Waals surface area contributed by atoms with Crippen LogP contribution in [0.15, 0.2) is 36.5 Å². The molecule has 0 radical (unpaired) electrons. The first-order valence-electron chi connectivity index (χ1n) is 5.07. The Morgan fingerprint density at radius 3 is 2.75 bits per heavy atom. The Kier molecular flexibility index (Phi) is 3.00. The molecule has 0 aliphatic heterocycles. The highest BCUT2D eigenvalue weighted by molar-refractivity contribution is 5.67. The van der Waals surface area contributed by atoms with Gasteiger partial charge >= 0.3 is 5.97 Å². The maximum absolute atomic E-state index is 10.4. The normalized spacial score (nSPS) is 10.2. The van der Waals surface area contributed by atoms with Crippen molar-refractivity contribution in [3.63, 3.8) is 0 Å². The van der Waals surface area contributed by atoms with E-state index < -0.39 is 5.97 Å². The lowest BCUT2D eigenvalue weighted by atomic mass is 10.2. The molecule has 0 unspecified atom stereocenters. The van der Waals surface area contributed by atoms with Gasteiger partial charge < -0.3 is 10.1 Å². The van der Waals surface area contributed by atoms with Gasteiger partial charge in [0.1, 0.15) is 5.82 Å². The number of rotatable bonds is 4. The first-order chi connectivity index (χ1) is 7.75. The lowest BCUT2D eigenvalue weighted by Gasteiger charge is -1.95. The zero-order valence-electron chi connectivity index (χ0n) is 8.68. The molecule has 16 heavy (non-hydrogen) atoms. The highest BCUT2D eigenvalue weighted by atomic mass is 16.4. The second-order valence-corrected chi connectivity index (χ2v) is 3.52. The monoisotopic (exact) mass is 216 g/mol. The van der Waals surface area contributed by atoms with Crippen molar-refractivity contribution in [1.29, 1.82) is 0 Å². The number of aryl methyl sites for hydroxylation is 1. The molecule has 0 bridgehead atoms. The molecule has 1 heterocycles. The topological polar surface area (TPSA) is 66.0 Å². The van der Waals surface area contributed by atoms with Gasteiger partial charge in [0.2, 0.25) is 0 Å². The highest BCUT2D eigenvalue weighted by Crippen LogP contribution is 2.15. The number of nitrogens with zero attached hydrogens (tertiary/aromatic N) is 1. The molecule has 0 aliphatic rings. The molecule has 0 aliphatic carbocycles. The molecule has 0 spiro atoms. The summed E-state index contributed by atoms with van der Waals surface area (Å²) < 4.78 is 0. The van der Waals surface area contributed by atoms with E-state index in [0.29, 0.717) is 6.42 Å². The summed E-state index contributed by atoms with van der Waals surface area (Å²) in [4.78, 5) is 17.7. The van der Waals surface area contributed by atoms with Crippen LogP contribution in [0, 0.1) is 0 Å². The van der Waals surface area contributed by atoms with Crippen molar-refractivity contribution in [2.75, 3.05) is 0 Å². The average molecular weight is 216 g/mol. The summed E-state index contributed by atoms with van der Waals surface area (Å²) >= 11 is 0. The largest absolute Gasteiger partial charge is 0.481 e. The molecule has 0 fully saturated rings. The van der Waals surface area contributed by atoms with Gasteiger partial charge in [0, 0.05) is 17.5 Å². The van der Waals surface area contributed by atoms with Gasteiger partial charge in [-0.3, -0.25) is 4.79 Å². The van der Waals surface area contributed by atoms with Gasteiger partial charge in [-0.2, -0.15) is 0 Å². The number of aliphatic carboxylic acids is 1. The van der Waals surface area contributed by atoms with Gasteiger partial charge in [-0.05, 0) is 6.42 Å². The fourth-order valence-electron chi connectivity index (χ4n) is 1.47. The van der Waals surface area contributed by atoms with E-state index in [-0.39, 0.29) is 6.42 Å². The second-order valence-electron chi connectivity index (χ2n) is 3.52. The first kappa shape index (κ1) is 10.4. The van der Waals surface area contributed by atoms with Gasteiger partial charge in [0.15, 0.2) is 0 Å². The summed E-state index contributed by atoms with van der Waals surface area (Å²) in [5, 5.41) is 8.56. The van der Waals surface area contributed by atoms with Gasteiger partial charge in [0.05, 0.1) is 6.42 Å². The number of nitrogens with one attached hydrogen (secondary N) is 1.